The minimum Gasteiger partial charge on any atom is -0.466 e. The van der Waals surface area contributed by atoms with Crippen LogP contribution in [0.15, 0.2) is 0 Å². The number of esters is 1. The molecule has 0 atom stereocenters. The minimum absolute atomic E-state index is 0.226. The van der Waals surface area contributed by atoms with Gasteiger partial charge in [0.15, 0.2) is 16.3 Å². The maximum absolute atomic E-state index is 10.7. The second kappa shape index (κ2) is 7.09. The summed E-state index contributed by atoms with van der Waals surface area (Å²) in [5.74, 6) is -0.654. The van der Waals surface area contributed by atoms with E-state index in [1.165, 1.54) is 0 Å². The molecule has 0 fully saturated rings. The molecule has 70 valence electrons. The molecule has 0 saturated heterocycles. The average Bonchev–Trinajstić information content (AvgIpc) is 2.04. The van der Waals surface area contributed by atoms with Crippen LogP contribution in [0.1, 0.15) is 26.2 Å². The van der Waals surface area contributed by atoms with E-state index in [2.05, 4.69) is 24.8 Å². The largest absolute Gasteiger partial charge is 0.466 e. The summed E-state index contributed by atoms with van der Waals surface area (Å²) in [4.78, 5) is 21.3. The number of carbonyl (C=O) groups is 2. The molecule has 0 radical (unpaired) electrons. The maximum Gasteiger partial charge on any atom is 0.317 e. The Labute approximate surface area is 79.7 Å². The van der Waals surface area contributed by atoms with Gasteiger partial charge in [0.1, 0.15) is 0 Å². The molecule has 0 rings (SSSR count). The first-order valence-electron chi connectivity index (χ1n) is 3.67. The van der Waals surface area contributed by atoms with E-state index in [1.807, 2.05) is 0 Å². The zero-order valence-electron chi connectivity index (χ0n) is 6.84. The number of hydrogen-bond donors (Lipinski definition) is 0. The van der Waals surface area contributed by atoms with Crippen molar-refractivity contribution in [2.24, 2.45) is 0 Å². The summed E-state index contributed by atoms with van der Waals surface area (Å²) in [7, 11) is 0. The van der Waals surface area contributed by atoms with Crippen LogP contribution in [0, 0.1) is 0 Å². The molecule has 12 heavy (non-hydrogen) atoms. The topological polar surface area (TPSA) is 52.6 Å². The smallest absolute Gasteiger partial charge is 0.317 e. The Kier molecular flexibility index (Phi) is 6.75. The van der Waals surface area contributed by atoms with Gasteiger partial charge < -0.3 is 8.57 Å². The first-order valence-corrected chi connectivity index (χ1v) is 4.32. The molecule has 5 heteroatoms. The fraction of sp³-hybridized carbons (Fsp3) is 0.714. The highest BCUT2D eigenvalue weighted by Gasteiger charge is 2.05. The lowest BCUT2D eigenvalue weighted by molar-refractivity contribution is -0.143. The van der Waals surface area contributed by atoms with Crippen molar-refractivity contribution in [3.05, 3.63) is 0 Å². The van der Waals surface area contributed by atoms with Crippen LogP contribution >= 0.6 is 16.3 Å². The third-order valence-electron chi connectivity index (χ3n) is 1.15. The van der Waals surface area contributed by atoms with E-state index in [9.17, 15) is 9.59 Å². The number of rotatable bonds is 5. The number of ether oxygens (including phenoxy) is 1. The lowest BCUT2D eigenvalue weighted by Gasteiger charge is -1.99. The maximum atomic E-state index is 10.7. The van der Waals surface area contributed by atoms with Crippen molar-refractivity contribution in [3.8, 4) is 0 Å². The Balaban J connectivity index is 3.30. The van der Waals surface area contributed by atoms with E-state index in [0.29, 0.717) is 13.0 Å². The molecule has 0 aliphatic carbocycles. The molecule has 0 aromatic heterocycles. The summed E-state index contributed by atoms with van der Waals surface area (Å²) in [6.07, 6.45) is 0.948. The summed E-state index contributed by atoms with van der Waals surface area (Å²) in [6, 6.07) is 0. The molecule has 0 N–H and O–H groups in total. The average molecular weight is 239 g/mol. The molecule has 0 aliphatic heterocycles. The van der Waals surface area contributed by atoms with E-state index < -0.39 is 0 Å². The van der Waals surface area contributed by atoms with Crippen molar-refractivity contribution in [1.29, 1.82) is 0 Å². The Morgan fingerprint density at radius 2 is 1.83 bits per heavy atom. The van der Waals surface area contributed by atoms with Gasteiger partial charge in [-0.05, 0) is 13.3 Å². The van der Waals surface area contributed by atoms with Gasteiger partial charge in [0.25, 0.3) is 0 Å². The van der Waals surface area contributed by atoms with Gasteiger partial charge in [0, 0.05) is 12.8 Å². The van der Waals surface area contributed by atoms with Gasteiger partial charge in [-0.15, -0.1) is 0 Å². The zero-order chi connectivity index (χ0) is 9.40. The zero-order valence-corrected chi connectivity index (χ0v) is 8.43. The van der Waals surface area contributed by atoms with Crippen LogP contribution in [0.4, 0.5) is 0 Å². The summed E-state index contributed by atoms with van der Waals surface area (Å²) < 4.78 is 8.87. The Morgan fingerprint density at radius 1 is 1.25 bits per heavy atom. The van der Waals surface area contributed by atoms with Crippen molar-refractivity contribution in [1.82, 2.24) is 0 Å². The molecule has 0 heterocycles. The van der Waals surface area contributed by atoms with Gasteiger partial charge >= 0.3 is 11.9 Å². The quantitative estimate of drug-likeness (QED) is 0.683. The Morgan fingerprint density at radius 3 is 2.33 bits per heavy atom. The van der Waals surface area contributed by atoms with Crippen LogP contribution in [0.3, 0.4) is 0 Å². The molecule has 0 aromatic carbocycles. The van der Waals surface area contributed by atoms with Crippen LogP contribution in [-0.4, -0.2) is 18.5 Å². The van der Waals surface area contributed by atoms with Crippen molar-refractivity contribution in [3.63, 3.8) is 0 Å². The monoisotopic (exact) mass is 238 g/mol. The van der Waals surface area contributed by atoms with Crippen molar-refractivity contribution >= 4 is 28.2 Å². The molecular formula is C7H11BrO4. The standard InChI is InChI=1S/C7H11BrO4/c1-2-11-6(9)4-3-5-7(10)12-8/h2-5H2,1H3. The van der Waals surface area contributed by atoms with E-state index in [0.717, 1.165) is 0 Å². The summed E-state index contributed by atoms with van der Waals surface area (Å²) in [6.45, 7) is 2.12. The third kappa shape index (κ3) is 6.15. The van der Waals surface area contributed by atoms with E-state index in [1.54, 1.807) is 6.92 Å². The number of carbonyl (C=O) groups excluding carboxylic acids is 2. The van der Waals surface area contributed by atoms with E-state index in [4.69, 9.17) is 0 Å². The van der Waals surface area contributed by atoms with Gasteiger partial charge in [-0.25, -0.2) is 0 Å². The predicted octanol–water partition coefficient (Wildman–Crippen LogP) is 1.57. The first-order chi connectivity index (χ1) is 5.70. The van der Waals surface area contributed by atoms with Crippen LogP contribution in [0.2, 0.25) is 0 Å². The molecule has 0 spiro atoms. The predicted molar refractivity (Wildman–Crippen MR) is 45.5 cm³/mol. The van der Waals surface area contributed by atoms with Crippen LogP contribution in [0.25, 0.3) is 0 Å². The van der Waals surface area contributed by atoms with Gasteiger partial charge in [-0.1, -0.05) is 0 Å². The van der Waals surface area contributed by atoms with Crippen molar-refractivity contribution in [2.45, 2.75) is 26.2 Å². The fourth-order valence-corrected chi connectivity index (χ4v) is 0.811. The van der Waals surface area contributed by atoms with E-state index in [-0.39, 0.29) is 24.8 Å². The van der Waals surface area contributed by atoms with Gasteiger partial charge in [0.2, 0.25) is 0 Å². The lowest BCUT2D eigenvalue weighted by Crippen LogP contribution is -2.05. The third-order valence-corrected chi connectivity index (χ3v) is 1.51. The number of halogens is 1. The molecule has 0 unspecified atom stereocenters. The van der Waals surface area contributed by atoms with Crippen LogP contribution in [-0.2, 0) is 18.2 Å². The fourth-order valence-electron chi connectivity index (χ4n) is 0.649. The van der Waals surface area contributed by atoms with Gasteiger partial charge in [-0.3, -0.25) is 9.59 Å². The molecule has 0 aromatic rings. The normalized spacial score (nSPS) is 9.17. The summed E-state index contributed by atoms with van der Waals surface area (Å²) >= 11 is 2.55. The summed E-state index contributed by atoms with van der Waals surface area (Å²) in [5.41, 5.74) is 0. The SMILES string of the molecule is CCOC(=O)CCCC(=O)OBr. The summed E-state index contributed by atoms with van der Waals surface area (Å²) in [5, 5.41) is 0. The minimum atomic E-state index is -0.376. The van der Waals surface area contributed by atoms with Crippen molar-refractivity contribution < 1.29 is 18.2 Å². The van der Waals surface area contributed by atoms with Crippen LogP contribution in [0.5, 0.6) is 0 Å². The second-order valence-electron chi connectivity index (χ2n) is 2.11. The van der Waals surface area contributed by atoms with Gasteiger partial charge in [0.05, 0.1) is 6.61 Å². The highest BCUT2D eigenvalue weighted by atomic mass is 79.9. The number of hydrogen-bond acceptors (Lipinski definition) is 4. The molecular weight excluding hydrogens is 228 g/mol. The molecule has 0 aliphatic rings. The second-order valence-corrected chi connectivity index (χ2v) is 2.43. The molecule has 0 saturated carbocycles. The Bertz CT molecular complexity index is 157. The highest BCUT2D eigenvalue weighted by molar-refractivity contribution is 9.06. The molecule has 4 nitrogen and oxygen atoms in total. The highest BCUT2D eigenvalue weighted by Crippen LogP contribution is 2.01. The lowest BCUT2D eigenvalue weighted by atomic mass is 10.2. The van der Waals surface area contributed by atoms with Gasteiger partial charge in [-0.2, -0.15) is 0 Å². The van der Waals surface area contributed by atoms with Crippen LogP contribution < -0.4 is 0 Å². The first kappa shape index (κ1) is 11.4. The molecule has 0 amide bonds. The van der Waals surface area contributed by atoms with Crippen molar-refractivity contribution in [2.75, 3.05) is 6.61 Å². The molecule has 0 bridgehead atoms. The van der Waals surface area contributed by atoms with E-state index >= 15 is 0 Å². The Hall–Kier alpha value is -0.580.